The van der Waals surface area contributed by atoms with E-state index in [0.717, 1.165) is 38.2 Å². The number of aryl methyl sites for hydroxylation is 1. The van der Waals surface area contributed by atoms with E-state index in [-0.39, 0.29) is 0 Å². The summed E-state index contributed by atoms with van der Waals surface area (Å²) in [5.41, 5.74) is 3.59. The first-order valence-electron chi connectivity index (χ1n) is 7.92. The Bertz CT molecular complexity index is 602. The van der Waals surface area contributed by atoms with Gasteiger partial charge in [0.05, 0.1) is 17.6 Å². The Hall–Kier alpha value is -2.01. The molecule has 1 aromatic heterocycles. The molecule has 0 radical (unpaired) electrons. The second kappa shape index (κ2) is 6.83. The normalized spacial score (nSPS) is 16.0. The van der Waals surface area contributed by atoms with Gasteiger partial charge >= 0.3 is 0 Å². The van der Waals surface area contributed by atoms with Crippen LogP contribution in [0.5, 0.6) is 0 Å². The number of nitrogens with zero attached hydrogens (tertiary/aromatic N) is 3. The first-order chi connectivity index (χ1) is 10.8. The number of aliphatic hydroxyl groups excluding tert-OH is 1. The van der Waals surface area contributed by atoms with Crippen LogP contribution in [0.25, 0.3) is 0 Å². The fourth-order valence-electron chi connectivity index (χ4n) is 3.02. The van der Waals surface area contributed by atoms with Gasteiger partial charge in [0, 0.05) is 45.0 Å². The minimum atomic E-state index is 0.314. The molecule has 1 fully saturated rings. The molecule has 0 saturated carbocycles. The molecule has 0 bridgehead atoms. The number of benzene rings is 1. The van der Waals surface area contributed by atoms with Gasteiger partial charge in [-0.15, -0.1) is 0 Å². The van der Waals surface area contributed by atoms with Crippen molar-refractivity contribution in [3.05, 3.63) is 42.2 Å². The second-order valence-corrected chi connectivity index (χ2v) is 6.01. The van der Waals surface area contributed by atoms with E-state index in [1.54, 1.807) is 0 Å². The predicted octanol–water partition coefficient (Wildman–Crippen LogP) is 2.24. The van der Waals surface area contributed by atoms with Crippen molar-refractivity contribution in [1.29, 1.82) is 0 Å². The summed E-state index contributed by atoms with van der Waals surface area (Å²) in [6.07, 6.45) is 6.05. The van der Waals surface area contributed by atoms with Crippen LogP contribution in [0.3, 0.4) is 0 Å². The highest BCUT2D eigenvalue weighted by molar-refractivity contribution is 5.70. The van der Waals surface area contributed by atoms with Gasteiger partial charge in [-0.05, 0) is 30.9 Å². The SMILES string of the molecule is Cn1cc(CNc2ccccc2N2CCC(CO)CC2)cn1. The predicted molar refractivity (Wildman–Crippen MR) is 89.0 cm³/mol. The molecule has 118 valence electrons. The molecule has 1 aliphatic rings. The Morgan fingerprint density at radius 1 is 1.27 bits per heavy atom. The fourth-order valence-corrected chi connectivity index (χ4v) is 3.02. The lowest BCUT2D eigenvalue weighted by atomic mass is 9.97. The van der Waals surface area contributed by atoms with Crippen molar-refractivity contribution in [2.75, 3.05) is 29.9 Å². The highest BCUT2D eigenvalue weighted by Gasteiger charge is 2.20. The number of nitrogens with one attached hydrogen (secondary N) is 1. The van der Waals surface area contributed by atoms with Crippen molar-refractivity contribution in [3.63, 3.8) is 0 Å². The molecule has 2 aromatic rings. The van der Waals surface area contributed by atoms with Crippen LogP contribution < -0.4 is 10.2 Å². The Kier molecular flexibility index (Phi) is 4.63. The number of piperidine rings is 1. The van der Waals surface area contributed by atoms with Gasteiger partial charge in [-0.3, -0.25) is 4.68 Å². The molecule has 2 N–H and O–H groups in total. The molecule has 2 heterocycles. The maximum absolute atomic E-state index is 9.28. The van der Waals surface area contributed by atoms with E-state index in [1.165, 1.54) is 11.3 Å². The van der Waals surface area contributed by atoms with E-state index in [2.05, 4.69) is 39.6 Å². The number of hydrogen-bond acceptors (Lipinski definition) is 4. The number of aliphatic hydroxyl groups is 1. The van der Waals surface area contributed by atoms with Crippen molar-refractivity contribution in [2.45, 2.75) is 19.4 Å². The van der Waals surface area contributed by atoms with Crippen LogP contribution >= 0.6 is 0 Å². The Morgan fingerprint density at radius 2 is 2.05 bits per heavy atom. The summed E-state index contributed by atoms with van der Waals surface area (Å²) < 4.78 is 1.82. The van der Waals surface area contributed by atoms with Crippen molar-refractivity contribution in [1.82, 2.24) is 9.78 Å². The molecule has 1 saturated heterocycles. The largest absolute Gasteiger partial charge is 0.396 e. The van der Waals surface area contributed by atoms with Gasteiger partial charge in [-0.2, -0.15) is 5.10 Å². The molecular formula is C17H24N4O. The molecule has 0 unspecified atom stereocenters. The lowest BCUT2D eigenvalue weighted by molar-refractivity contribution is 0.203. The van der Waals surface area contributed by atoms with Crippen LogP contribution in [-0.2, 0) is 13.6 Å². The molecule has 0 spiro atoms. The highest BCUT2D eigenvalue weighted by Crippen LogP contribution is 2.29. The monoisotopic (exact) mass is 300 g/mol. The van der Waals surface area contributed by atoms with Crippen LogP contribution in [0.2, 0.25) is 0 Å². The van der Waals surface area contributed by atoms with Gasteiger partial charge in [0.25, 0.3) is 0 Å². The molecule has 1 aromatic carbocycles. The van der Waals surface area contributed by atoms with Gasteiger partial charge < -0.3 is 15.3 Å². The average molecular weight is 300 g/mol. The average Bonchev–Trinajstić information content (AvgIpc) is 2.99. The van der Waals surface area contributed by atoms with Gasteiger partial charge in [0.2, 0.25) is 0 Å². The van der Waals surface area contributed by atoms with Crippen molar-refractivity contribution >= 4 is 11.4 Å². The zero-order chi connectivity index (χ0) is 15.4. The summed E-state index contributed by atoms with van der Waals surface area (Å²) in [6.45, 7) is 3.11. The maximum atomic E-state index is 9.28. The topological polar surface area (TPSA) is 53.3 Å². The van der Waals surface area contributed by atoms with Gasteiger partial charge in [0.1, 0.15) is 0 Å². The Balaban J connectivity index is 1.67. The molecule has 5 heteroatoms. The van der Waals surface area contributed by atoms with Crippen LogP contribution in [0.1, 0.15) is 18.4 Å². The molecule has 1 aliphatic heterocycles. The molecule has 3 rings (SSSR count). The van der Waals surface area contributed by atoms with Gasteiger partial charge in [-0.1, -0.05) is 12.1 Å². The third-order valence-corrected chi connectivity index (χ3v) is 4.36. The minimum absolute atomic E-state index is 0.314. The summed E-state index contributed by atoms with van der Waals surface area (Å²) in [7, 11) is 1.93. The van der Waals surface area contributed by atoms with Crippen LogP contribution in [0, 0.1) is 5.92 Å². The first-order valence-corrected chi connectivity index (χ1v) is 7.92. The molecule has 0 atom stereocenters. The molecule has 0 amide bonds. The first kappa shape index (κ1) is 14.9. The second-order valence-electron chi connectivity index (χ2n) is 6.01. The lowest BCUT2D eigenvalue weighted by Crippen LogP contribution is -2.35. The molecular weight excluding hydrogens is 276 g/mol. The quantitative estimate of drug-likeness (QED) is 0.889. The zero-order valence-electron chi connectivity index (χ0n) is 13.1. The van der Waals surface area contributed by atoms with Crippen LogP contribution in [-0.4, -0.2) is 34.6 Å². The number of hydrogen-bond donors (Lipinski definition) is 2. The lowest BCUT2D eigenvalue weighted by Gasteiger charge is -2.34. The Morgan fingerprint density at radius 3 is 2.73 bits per heavy atom. The standard InChI is InChI=1S/C17H24N4O/c1-20-12-15(11-19-20)10-18-16-4-2-3-5-17(16)21-8-6-14(13-22)7-9-21/h2-5,11-12,14,18,22H,6-10,13H2,1H3. The van der Waals surface area contributed by atoms with E-state index in [4.69, 9.17) is 0 Å². The third-order valence-electron chi connectivity index (χ3n) is 4.36. The van der Waals surface area contributed by atoms with Crippen molar-refractivity contribution in [3.8, 4) is 0 Å². The summed E-state index contributed by atoms with van der Waals surface area (Å²) in [6, 6.07) is 8.45. The number of aromatic nitrogens is 2. The fraction of sp³-hybridized carbons (Fsp3) is 0.471. The molecule has 22 heavy (non-hydrogen) atoms. The van der Waals surface area contributed by atoms with E-state index < -0.39 is 0 Å². The molecule has 5 nitrogen and oxygen atoms in total. The summed E-state index contributed by atoms with van der Waals surface area (Å²) in [4.78, 5) is 2.41. The number of anilines is 2. The van der Waals surface area contributed by atoms with E-state index in [1.807, 2.05) is 24.1 Å². The number of para-hydroxylation sites is 2. The van der Waals surface area contributed by atoms with Gasteiger partial charge in [-0.25, -0.2) is 0 Å². The zero-order valence-corrected chi connectivity index (χ0v) is 13.1. The van der Waals surface area contributed by atoms with E-state index in [0.29, 0.717) is 12.5 Å². The van der Waals surface area contributed by atoms with Crippen molar-refractivity contribution in [2.24, 2.45) is 13.0 Å². The summed E-state index contributed by atoms with van der Waals surface area (Å²) in [5, 5.41) is 17.0. The van der Waals surface area contributed by atoms with Crippen molar-refractivity contribution < 1.29 is 5.11 Å². The summed E-state index contributed by atoms with van der Waals surface area (Å²) in [5.74, 6) is 0.465. The summed E-state index contributed by atoms with van der Waals surface area (Å²) >= 11 is 0. The minimum Gasteiger partial charge on any atom is -0.396 e. The molecule has 0 aliphatic carbocycles. The van der Waals surface area contributed by atoms with Crippen LogP contribution in [0.4, 0.5) is 11.4 Å². The smallest absolute Gasteiger partial charge is 0.0602 e. The number of rotatable bonds is 5. The maximum Gasteiger partial charge on any atom is 0.0602 e. The van der Waals surface area contributed by atoms with Crippen LogP contribution in [0.15, 0.2) is 36.7 Å². The van der Waals surface area contributed by atoms with E-state index >= 15 is 0 Å². The van der Waals surface area contributed by atoms with E-state index in [9.17, 15) is 5.11 Å². The Labute approximate surface area is 131 Å². The third kappa shape index (κ3) is 3.42. The highest BCUT2D eigenvalue weighted by atomic mass is 16.3. The van der Waals surface area contributed by atoms with Gasteiger partial charge in [0.15, 0.2) is 0 Å².